The molecular formula is C37H48F2N4O4. The predicted octanol–water partition coefficient (Wildman–Crippen LogP) is 5.09. The highest BCUT2D eigenvalue weighted by Gasteiger charge is 2.25. The van der Waals surface area contributed by atoms with Crippen LogP contribution in [0.3, 0.4) is 0 Å². The number of hydrogen-bond donors (Lipinski definition) is 4. The van der Waals surface area contributed by atoms with Crippen LogP contribution in [0.15, 0.2) is 66.7 Å². The third-order valence-electron chi connectivity index (χ3n) is 7.86. The van der Waals surface area contributed by atoms with Gasteiger partial charge in [0, 0.05) is 49.3 Å². The molecule has 8 nitrogen and oxygen atoms in total. The Morgan fingerprint density at radius 2 is 1.49 bits per heavy atom. The van der Waals surface area contributed by atoms with E-state index in [4.69, 9.17) is 5.73 Å². The Kier molecular flexibility index (Phi) is 15.0. The molecule has 0 unspecified atom stereocenters. The van der Waals surface area contributed by atoms with E-state index in [0.717, 1.165) is 36.6 Å². The fourth-order valence-corrected chi connectivity index (χ4v) is 5.58. The average molecular weight is 651 g/mol. The Morgan fingerprint density at radius 3 is 2.13 bits per heavy atom. The molecule has 0 fully saturated rings. The van der Waals surface area contributed by atoms with Crippen LogP contribution in [0.4, 0.5) is 8.78 Å². The topological polar surface area (TPSA) is 125 Å². The zero-order valence-corrected chi connectivity index (χ0v) is 27.6. The van der Waals surface area contributed by atoms with Gasteiger partial charge >= 0.3 is 0 Å². The van der Waals surface area contributed by atoms with Gasteiger partial charge in [0.05, 0.1) is 12.1 Å². The summed E-state index contributed by atoms with van der Waals surface area (Å²) in [6, 6.07) is 16.6. The zero-order chi connectivity index (χ0) is 34.3. The SMILES string of the molecule is CCCN(CCC)C(=O)c1cc(C)cc(C(=O)N[C@@H](Cc2cc(F)cc(F)c2)[C@H](O)CCNC(=O)CC[C@H](N)Cc2ccccc2)c1. The van der Waals surface area contributed by atoms with Crippen LogP contribution in [-0.4, -0.2) is 65.5 Å². The molecule has 0 bridgehead atoms. The van der Waals surface area contributed by atoms with Crippen molar-refractivity contribution in [2.24, 2.45) is 5.73 Å². The minimum absolute atomic E-state index is 0.0672. The van der Waals surface area contributed by atoms with Crippen molar-refractivity contribution in [1.82, 2.24) is 15.5 Å². The summed E-state index contributed by atoms with van der Waals surface area (Å²) in [5.41, 5.74) is 8.87. The number of aryl methyl sites for hydroxylation is 1. The quantitative estimate of drug-likeness (QED) is 0.153. The molecule has 254 valence electrons. The molecule has 0 radical (unpaired) electrons. The summed E-state index contributed by atoms with van der Waals surface area (Å²) in [5, 5.41) is 16.7. The van der Waals surface area contributed by atoms with Gasteiger partial charge in [-0.2, -0.15) is 0 Å². The van der Waals surface area contributed by atoms with Gasteiger partial charge in [0.15, 0.2) is 0 Å². The van der Waals surface area contributed by atoms with Gasteiger partial charge in [-0.3, -0.25) is 14.4 Å². The van der Waals surface area contributed by atoms with E-state index in [1.165, 1.54) is 6.07 Å². The highest BCUT2D eigenvalue weighted by atomic mass is 19.1. The normalized spacial score (nSPS) is 13.0. The number of aliphatic hydroxyl groups is 1. The van der Waals surface area contributed by atoms with Crippen molar-refractivity contribution in [1.29, 1.82) is 0 Å². The van der Waals surface area contributed by atoms with E-state index in [-0.39, 0.29) is 54.8 Å². The largest absolute Gasteiger partial charge is 0.391 e. The number of nitrogens with zero attached hydrogens (tertiary/aromatic N) is 1. The first kappa shape index (κ1) is 37.3. The molecule has 3 aromatic carbocycles. The fourth-order valence-electron chi connectivity index (χ4n) is 5.58. The lowest BCUT2D eigenvalue weighted by molar-refractivity contribution is -0.121. The predicted molar refractivity (Wildman–Crippen MR) is 180 cm³/mol. The number of nitrogens with two attached hydrogens (primary N) is 1. The summed E-state index contributed by atoms with van der Waals surface area (Å²) < 4.78 is 28.0. The summed E-state index contributed by atoms with van der Waals surface area (Å²) in [6.07, 6.45) is 1.80. The van der Waals surface area contributed by atoms with E-state index < -0.39 is 29.7 Å². The minimum Gasteiger partial charge on any atom is -0.391 e. The van der Waals surface area contributed by atoms with E-state index >= 15 is 0 Å². The van der Waals surface area contributed by atoms with Crippen LogP contribution >= 0.6 is 0 Å². The lowest BCUT2D eigenvalue weighted by Gasteiger charge is -2.25. The molecule has 3 amide bonds. The van der Waals surface area contributed by atoms with Crippen molar-refractivity contribution in [2.75, 3.05) is 19.6 Å². The number of amides is 3. The molecule has 0 aliphatic rings. The van der Waals surface area contributed by atoms with Crippen LogP contribution in [0.1, 0.15) is 83.4 Å². The van der Waals surface area contributed by atoms with Gasteiger partial charge < -0.3 is 26.4 Å². The molecule has 0 saturated carbocycles. The number of halogens is 2. The first-order chi connectivity index (χ1) is 22.5. The second kappa shape index (κ2) is 18.9. The van der Waals surface area contributed by atoms with Gasteiger partial charge in [0.1, 0.15) is 11.6 Å². The van der Waals surface area contributed by atoms with E-state index in [2.05, 4.69) is 10.6 Å². The number of rotatable bonds is 18. The maximum absolute atomic E-state index is 14.0. The summed E-state index contributed by atoms with van der Waals surface area (Å²) in [5.74, 6) is -2.48. The van der Waals surface area contributed by atoms with Crippen molar-refractivity contribution in [2.45, 2.75) is 83.9 Å². The summed E-state index contributed by atoms with van der Waals surface area (Å²) >= 11 is 0. The number of benzene rings is 3. The van der Waals surface area contributed by atoms with E-state index in [1.54, 1.807) is 24.0 Å². The van der Waals surface area contributed by atoms with Crippen molar-refractivity contribution in [3.63, 3.8) is 0 Å². The molecule has 5 N–H and O–H groups in total. The van der Waals surface area contributed by atoms with Crippen LogP contribution in [0.25, 0.3) is 0 Å². The monoisotopic (exact) mass is 650 g/mol. The van der Waals surface area contributed by atoms with Gasteiger partial charge in [-0.25, -0.2) is 8.78 Å². The molecule has 3 aromatic rings. The van der Waals surface area contributed by atoms with Crippen molar-refractivity contribution in [3.05, 3.63) is 106 Å². The average Bonchev–Trinajstić information content (AvgIpc) is 3.02. The summed E-state index contributed by atoms with van der Waals surface area (Å²) in [6.45, 7) is 7.08. The number of carbonyl (C=O) groups excluding carboxylic acids is 3. The van der Waals surface area contributed by atoms with Crippen LogP contribution in [0.5, 0.6) is 0 Å². The van der Waals surface area contributed by atoms with E-state index in [9.17, 15) is 28.3 Å². The second-order valence-electron chi connectivity index (χ2n) is 12.1. The Hall–Kier alpha value is -4.15. The maximum atomic E-state index is 14.0. The van der Waals surface area contributed by atoms with Crippen LogP contribution in [0.2, 0.25) is 0 Å². The van der Waals surface area contributed by atoms with Gasteiger partial charge in [-0.05, 0) is 92.5 Å². The number of nitrogens with one attached hydrogen (secondary N) is 2. The van der Waals surface area contributed by atoms with Gasteiger partial charge in [-0.1, -0.05) is 44.2 Å². The lowest BCUT2D eigenvalue weighted by atomic mass is 9.97. The Balaban J connectivity index is 1.67. The number of aliphatic hydroxyl groups excluding tert-OH is 1. The highest BCUT2D eigenvalue weighted by Crippen LogP contribution is 2.17. The van der Waals surface area contributed by atoms with Crippen molar-refractivity contribution >= 4 is 17.7 Å². The molecule has 0 spiro atoms. The van der Waals surface area contributed by atoms with E-state index in [0.29, 0.717) is 37.1 Å². The Labute approximate surface area is 276 Å². The molecule has 0 saturated heterocycles. The molecule has 0 aliphatic heterocycles. The molecule has 3 atom stereocenters. The fraction of sp³-hybridized carbons (Fsp3) is 0.432. The zero-order valence-electron chi connectivity index (χ0n) is 27.6. The summed E-state index contributed by atoms with van der Waals surface area (Å²) in [7, 11) is 0. The highest BCUT2D eigenvalue weighted by molar-refractivity contribution is 6.00. The second-order valence-corrected chi connectivity index (χ2v) is 12.1. The van der Waals surface area contributed by atoms with Crippen LogP contribution in [0, 0.1) is 18.6 Å². The third-order valence-corrected chi connectivity index (χ3v) is 7.86. The molecule has 10 heteroatoms. The minimum atomic E-state index is -1.17. The Morgan fingerprint density at radius 1 is 0.851 bits per heavy atom. The molecule has 0 aromatic heterocycles. The number of carbonyl (C=O) groups is 3. The summed E-state index contributed by atoms with van der Waals surface area (Å²) in [4.78, 5) is 41.0. The molecular weight excluding hydrogens is 602 g/mol. The molecule has 0 aliphatic carbocycles. The molecule has 3 rings (SSSR count). The van der Waals surface area contributed by atoms with E-state index in [1.807, 2.05) is 44.2 Å². The molecule has 0 heterocycles. The standard InChI is InChI=1S/C37H48F2N4O4/c1-4-15-43(16-5-2)37(47)29-18-25(3)17-28(23-29)36(46)42-33(22-27-19-30(38)24-31(39)20-27)34(44)13-14-41-35(45)12-11-32(40)21-26-9-7-6-8-10-26/h6-10,17-20,23-24,32-34,44H,4-5,11-16,21-22,40H2,1-3H3,(H,41,45)(H,42,46)/t32-,33-,34+/m0/s1. The Bertz CT molecular complexity index is 1440. The van der Waals surface area contributed by atoms with Crippen molar-refractivity contribution < 1.29 is 28.3 Å². The maximum Gasteiger partial charge on any atom is 0.253 e. The first-order valence-corrected chi connectivity index (χ1v) is 16.4. The van der Waals surface area contributed by atoms with Gasteiger partial charge in [0.2, 0.25) is 5.91 Å². The van der Waals surface area contributed by atoms with Gasteiger partial charge in [0.25, 0.3) is 11.8 Å². The van der Waals surface area contributed by atoms with Crippen molar-refractivity contribution in [3.8, 4) is 0 Å². The molecule has 47 heavy (non-hydrogen) atoms. The number of hydrogen-bond acceptors (Lipinski definition) is 5. The first-order valence-electron chi connectivity index (χ1n) is 16.4. The van der Waals surface area contributed by atoms with Gasteiger partial charge in [-0.15, -0.1) is 0 Å². The third kappa shape index (κ3) is 12.5. The van der Waals surface area contributed by atoms with Crippen LogP contribution in [-0.2, 0) is 17.6 Å². The van der Waals surface area contributed by atoms with Crippen LogP contribution < -0.4 is 16.4 Å². The lowest BCUT2D eigenvalue weighted by Crippen LogP contribution is -2.46. The smallest absolute Gasteiger partial charge is 0.253 e.